The molecule has 2 rings (SSSR count). The van der Waals surface area contributed by atoms with Gasteiger partial charge in [-0.2, -0.15) is 0 Å². The molecular weight excluding hydrogens is 300 g/mol. The zero-order valence-corrected chi connectivity index (χ0v) is 11.9. The predicted octanol–water partition coefficient (Wildman–Crippen LogP) is 3.14. The minimum absolute atomic E-state index is 0.0286. The van der Waals surface area contributed by atoms with Gasteiger partial charge in [-0.3, -0.25) is 14.3 Å². The number of benzene rings is 2. The Morgan fingerprint density at radius 2 is 1.85 bits per heavy atom. The van der Waals surface area contributed by atoms with Gasteiger partial charge in [0.1, 0.15) is 0 Å². The van der Waals surface area contributed by atoms with Crippen LogP contribution in [0.5, 0.6) is 0 Å². The van der Waals surface area contributed by atoms with Crippen LogP contribution in [0.25, 0.3) is 0 Å². The Morgan fingerprint density at radius 1 is 1.20 bits per heavy atom. The lowest BCUT2D eigenvalue weighted by molar-refractivity contribution is -0.385. The summed E-state index contributed by atoms with van der Waals surface area (Å²) in [4.78, 5) is 11.0. The molecule has 2 N–H and O–H groups in total. The molecule has 2 aromatic carbocycles. The molecule has 2 aromatic rings. The maximum absolute atomic E-state index is 12.2. The van der Waals surface area contributed by atoms with Crippen LogP contribution in [-0.2, 0) is 16.6 Å². The summed E-state index contributed by atoms with van der Waals surface area (Å²) in [5.74, 6) is 0.0286. The van der Waals surface area contributed by atoms with Crippen molar-refractivity contribution in [3.05, 3.63) is 63.2 Å². The molecule has 0 aromatic heterocycles. The highest BCUT2D eigenvalue weighted by Crippen LogP contribution is 2.25. The van der Waals surface area contributed by atoms with Crippen molar-refractivity contribution in [2.24, 2.45) is 0 Å². The second-order valence-electron chi connectivity index (χ2n) is 4.09. The van der Waals surface area contributed by atoms with E-state index in [4.69, 9.17) is 17.3 Å². The van der Waals surface area contributed by atoms with Gasteiger partial charge >= 0.3 is 0 Å². The molecule has 0 aliphatic rings. The van der Waals surface area contributed by atoms with E-state index in [2.05, 4.69) is 0 Å². The van der Waals surface area contributed by atoms with Gasteiger partial charge in [-0.05, 0) is 36.4 Å². The number of nitrogens with two attached hydrogens (primary N) is 1. The number of rotatable bonds is 4. The molecule has 0 saturated heterocycles. The van der Waals surface area contributed by atoms with Crippen molar-refractivity contribution in [3.8, 4) is 0 Å². The van der Waals surface area contributed by atoms with Crippen molar-refractivity contribution >= 4 is 33.8 Å². The van der Waals surface area contributed by atoms with E-state index in [1.807, 2.05) is 0 Å². The summed E-state index contributed by atoms with van der Waals surface area (Å²) in [6.45, 7) is 0. The number of halogens is 1. The number of nitrogen functional groups attached to an aromatic ring is 1. The van der Waals surface area contributed by atoms with Crippen LogP contribution in [0.4, 0.5) is 11.4 Å². The average molecular weight is 311 g/mol. The van der Waals surface area contributed by atoms with Gasteiger partial charge < -0.3 is 5.73 Å². The molecule has 0 fully saturated rings. The maximum Gasteiger partial charge on any atom is 0.273 e. The quantitative estimate of drug-likeness (QED) is 0.534. The van der Waals surface area contributed by atoms with E-state index in [9.17, 15) is 14.3 Å². The minimum atomic E-state index is -1.40. The molecule has 20 heavy (non-hydrogen) atoms. The SMILES string of the molecule is Nc1ccc(S(=O)Cc2cc(Cl)ccc2[N+](=O)[O-])cc1. The molecule has 104 valence electrons. The summed E-state index contributed by atoms with van der Waals surface area (Å²) in [5.41, 5.74) is 6.39. The Labute approximate surface area is 123 Å². The van der Waals surface area contributed by atoms with Crippen molar-refractivity contribution in [1.82, 2.24) is 0 Å². The third-order valence-corrected chi connectivity index (χ3v) is 4.27. The third-order valence-electron chi connectivity index (χ3n) is 2.67. The molecule has 0 bridgehead atoms. The molecule has 0 radical (unpaired) electrons. The molecule has 5 nitrogen and oxygen atoms in total. The number of nitro benzene ring substituents is 1. The number of hydrogen-bond acceptors (Lipinski definition) is 4. The summed E-state index contributed by atoms with van der Waals surface area (Å²) in [6, 6.07) is 10.8. The first kappa shape index (κ1) is 14.5. The number of nitrogens with zero attached hydrogens (tertiary/aromatic N) is 1. The molecule has 0 spiro atoms. The molecular formula is C13H11ClN2O3S. The maximum atomic E-state index is 12.2. The van der Waals surface area contributed by atoms with Gasteiger partial charge in [0.2, 0.25) is 0 Å². The van der Waals surface area contributed by atoms with Gasteiger partial charge in [-0.1, -0.05) is 11.6 Å². The molecule has 7 heteroatoms. The van der Waals surface area contributed by atoms with Crippen LogP contribution in [0.3, 0.4) is 0 Å². The summed E-state index contributed by atoms with van der Waals surface area (Å²) < 4.78 is 12.2. The second-order valence-corrected chi connectivity index (χ2v) is 5.98. The summed E-state index contributed by atoms with van der Waals surface area (Å²) in [5, 5.41) is 11.3. The highest BCUT2D eigenvalue weighted by Gasteiger charge is 2.17. The second kappa shape index (κ2) is 6.02. The summed E-state index contributed by atoms with van der Waals surface area (Å²) in [7, 11) is -1.40. The topological polar surface area (TPSA) is 86.2 Å². The van der Waals surface area contributed by atoms with Crippen molar-refractivity contribution in [2.45, 2.75) is 10.6 Å². The van der Waals surface area contributed by atoms with Gasteiger partial charge in [0.05, 0.1) is 21.5 Å². The Morgan fingerprint density at radius 3 is 2.45 bits per heavy atom. The zero-order chi connectivity index (χ0) is 14.7. The Kier molecular flexibility index (Phi) is 4.36. The molecule has 1 unspecified atom stereocenters. The molecule has 0 saturated carbocycles. The Hall–Kier alpha value is -1.92. The fourth-order valence-corrected chi connectivity index (χ4v) is 3.01. The number of anilines is 1. The van der Waals surface area contributed by atoms with Gasteiger partial charge in [0.25, 0.3) is 5.69 Å². The minimum Gasteiger partial charge on any atom is -0.399 e. The van der Waals surface area contributed by atoms with Gasteiger partial charge in [-0.15, -0.1) is 0 Å². The van der Waals surface area contributed by atoms with Crippen molar-refractivity contribution in [3.63, 3.8) is 0 Å². The van der Waals surface area contributed by atoms with Gasteiger partial charge in [0.15, 0.2) is 0 Å². The molecule has 0 aliphatic carbocycles. The normalized spacial score (nSPS) is 12.1. The third kappa shape index (κ3) is 3.34. The lowest BCUT2D eigenvalue weighted by atomic mass is 10.2. The fourth-order valence-electron chi connectivity index (χ4n) is 1.69. The van der Waals surface area contributed by atoms with E-state index in [1.54, 1.807) is 24.3 Å². The largest absolute Gasteiger partial charge is 0.399 e. The number of hydrogen-bond donors (Lipinski definition) is 1. The average Bonchev–Trinajstić information content (AvgIpc) is 2.39. The molecule has 0 amide bonds. The summed E-state index contributed by atoms with van der Waals surface area (Å²) in [6.07, 6.45) is 0. The fraction of sp³-hybridized carbons (Fsp3) is 0.0769. The predicted molar refractivity (Wildman–Crippen MR) is 79.1 cm³/mol. The van der Waals surface area contributed by atoms with Crippen LogP contribution in [-0.4, -0.2) is 9.13 Å². The molecule has 0 aliphatic heterocycles. The Bertz CT molecular complexity index is 674. The van der Waals surface area contributed by atoms with E-state index in [1.165, 1.54) is 18.2 Å². The van der Waals surface area contributed by atoms with Crippen LogP contribution in [0.15, 0.2) is 47.4 Å². The molecule has 0 heterocycles. The van der Waals surface area contributed by atoms with E-state index in [0.717, 1.165) is 0 Å². The highest BCUT2D eigenvalue weighted by molar-refractivity contribution is 7.84. The lowest BCUT2D eigenvalue weighted by Crippen LogP contribution is -2.01. The molecule has 1 atom stereocenters. The van der Waals surface area contributed by atoms with Crippen LogP contribution in [0, 0.1) is 10.1 Å². The monoisotopic (exact) mass is 310 g/mol. The first-order valence-electron chi connectivity index (χ1n) is 5.64. The van der Waals surface area contributed by atoms with Gasteiger partial charge in [0, 0.05) is 27.2 Å². The summed E-state index contributed by atoms with van der Waals surface area (Å²) >= 11 is 5.83. The van der Waals surface area contributed by atoms with E-state index in [-0.39, 0.29) is 11.4 Å². The highest BCUT2D eigenvalue weighted by atomic mass is 35.5. The van der Waals surface area contributed by atoms with Crippen molar-refractivity contribution in [1.29, 1.82) is 0 Å². The van der Waals surface area contributed by atoms with Crippen molar-refractivity contribution < 1.29 is 9.13 Å². The van der Waals surface area contributed by atoms with Gasteiger partial charge in [-0.25, -0.2) is 0 Å². The van der Waals surface area contributed by atoms with Crippen molar-refractivity contribution in [2.75, 3.05) is 5.73 Å². The van der Waals surface area contributed by atoms with Crippen LogP contribution in [0.2, 0.25) is 5.02 Å². The van der Waals surface area contributed by atoms with Crippen LogP contribution in [0.1, 0.15) is 5.56 Å². The van der Waals surface area contributed by atoms with E-state index in [0.29, 0.717) is 21.2 Å². The first-order valence-corrected chi connectivity index (χ1v) is 7.34. The van der Waals surface area contributed by atoms with E-state index < -0.39 is 15.7 Å². The lowest BCUT2D eigenvalue weighted by Gasteiger charge is -2.05. The van der Waals surface area contributed by atoms with Crippen LogP contribution >= 0.6 is 11.6 Å². The zero-order valence-electron chi connectivity index (χ0n) is 10.3. The number of nitro groups is 1. The first-order chi connectivity index (χ1) is 9.47. The van der Waals surface area contributed by atoms with E-state index >= 15 is 0 Å². The van der Waals surface area contributed by atoms with Crippen LogP contribution < -0.4 is 5.73 Å². The Balaban J connectivity index is 2.29. The smallest absolute Gasteiger partial charge is 0.273 e. The standard InChI is InChI=1S/C13H11ClN2O3S/c14-10-1-6-13(16(17)18)9(7-10)8-20(19)12-4-2-11(15)3-5-12/h1-7H,8,15H2.